The molecule has 150 valence electrons. The lowest BCUT2D eigenvalue weighted by Gasteiger charge is -2.22. The van der Waals surface area contributed by atoms with Crippen LogP contribution in [0.4, 0.5) is 0 Å². The van der Waals surface area contributed by atoms with Crippen LogP contribution in [-0.4, -0.2) is 64.3 Å². The van der Waals surface area contributed by atoms with Gasteiger partial charge in [-0.2, -0.15) is 0 Å². The molecule has 3 rings (SSSR count). The number of benzene rings is 1. The molecule has 0 aromatic heterocycles. The SMILES string of the molecule is CN=C(NCCc1ccc(OC)c(OC)c1)NCCN(CC1CC1)C1CC1. The van der Waals surface area contributed by atoms with Gasteiger partial charge in [-0.1, -0.05) is 6.07 Å². The van der Waals surface area contributed by atoms with Crippen LogP contribution in [0.25, 0.3) is 0 Å². The molecule has 6 heteroatoms. The third-order valence-electron chi connectivity index (χ3n) is 5.32. The molecule has 1 aromatic rings. The van der Waals surface area contributed by atoms with Crippen LogP contribution >= 0.6 is 0 Å². The largest absolute Gasteiger partial charge is 0.493 e. The number of aliphatic imine (C=N–C) groups is 1. The standard InChI is InChI=1S/C21H34N4O2/c1-22-21(24-12-13-25(18-7-8-18)15-17-4-5-17)23-11-10-16-6-9-19(26-2)20(14-16)27-3/h6,9,14,17-18H,4-5,7-8,10-13,15H2,1-3H3,(H2,22,23,24). The average Bonchev–Trinajstić information content (AvgIpc) is 3.59. The van der Waals surface area contributed by atoms with Gasteiger partial charge in [0, 0.05) is 39.3 Å². The maximum absolute atomic E-state index is 5.37. The highest BCUT2D eigenvalue weighted by Gasteiger charge is 2.33. The van der Waals surface area contributed by atoms with Crippen LogP contribution in [0.15, 0.2) is 23.2 Å². The summed E-state index contributed by atoms with van der Waals surface area (Å²) in [4.78, 5) is 7.01. The minimum atomic E-state index is 0.762. The molecule has 0 heterocycles. The van der Waals surface area contributed by atoms with Crippen molar-refractivity contribution in [3.8, 4) is 11.5 Å². The Labute approximate surface area is 163 Å². The third kappa shape index (κ3) is 6.31. The van der Waals surface area contributed by atoms with Crippen LogP contribution in [0.1, 0.15) is 31.2 Å². The number of hydrogen-bond acceptors (Lipinski definition) is 4. The van der Waals surface area contributed by atoms with Gasteiger partial charge in [0.15, 0.2) is 17.5 Å². The number of rotatable bonds is 11. The lowest BCUT2D eigenvalue weighted by atomic mass is 10.1. The molecule has 0 bridgehead atoms. The second-order valence-corrected chi connectivity index (χ2v) is 7.53. The third-order valence-corrected chi connectivity index (χ3v) is 5.32. The van der Waals surface area contributed by atoms with E-state index < -0.39 is 0 Å². The lowest BCUT2D eigenvalue weighted by molar-refractivity contribution is 0.256. The Morgan fingerprint density at radius 3 is 2.44 bits per heavy atom. The molecular weight excluding hydrogens is 340 g/mol. The van der Waals surface area contributed by atoms with Crippen LogP contribution in [-0.2, 0) is 6.42 Å². The van der Waals surface area contributed by atoms with Crippen LogP contribution in [0.3, 0.4) is 0 Å². The molecule has 2 aliphatic carbocycles. The second kappa shape index (κ2) is 9.83. The van der Waals surface area contributed by atoms with Crippen molar-refractivity contribution in [2.75, 3.05) is 47.4 Å². The Morgan fingerprint density at radius 2 is 1.81 bits per heavy atom. The molecule has 0 radical (unpaired) electrons. The molecule has 0 spiro atoms. The maximum Gasteiger partial charge on any atom is 0.191 e. The van der Waals surface area contributed by atoms with Crippen molar-refractivity contribution in [1.82, 2.24) is 15.5 Å². The van der Waals surface area contributed by atoms with Crippen LogP contribution in [0.5, 0.6) is 11.5 Å². The molecule has 27 heavy (non-hydrogen) atoms. The molecule has 0 saturated heterocycles. The van der Waals surface area contributed by atoms with Gasteiger partial charge in [0.05, 0.1) is 14.2 Å². The summed E-state index contributed by atoms with van der Waals surface area (Å²) in [5.74, 6) is 3.37. The molecular formula is C21H34N4O2. The molecule has 2 saturated carbocycles. The van der Waals surface area contributed by atoms with E-state index in [0.717, 1.165) is 55.5 Å². The molecule has 0 amide bonds. The van der Waals surface area contributed by atoms with Crippen molar-refractivity contribution in [3.63, 3.8) is 0 Å². The quantitative estimate of drug-likeness (QED) is 0.460. The van der Waals surface area contributed by atoms with E-state index in [1.807, 2.05) is 19.2 Å². The molecule has 0 atom stereocenters. The highest BCUT2D eigenvalue weighted by molar-refractivity contribution is 5.79. The predicted octanol–water partition coefficient (Wildman–Crippen LogP) is 2.29. The monoisotopic (exact) mass is 374 g/mol. The zero-order valence-electron chi connectivity index (χ0n) is 17.0. The number of nitrogens with zero attached hydrogens (tertiary/aromatic N) is 2. The summed E-state index contributed by atoms with van der Waals surface area (Å²) >= 11 is 0. The lowest BCUT2D eigenvalue weighted by Crippen LogP contribution is -2.43. The van der Waals surface area contributed by atoms with E-state index >= 15 is 0 Å². The molecule has 6 nitrogen and oxygen atoms in total. The van der Waals surface area contributed by atoms with Gasteiger partial charge >= 0.3 is 0 Å². The minimum Gasteiger partial charge on any atom is -0.493 e. The van der Waals surface area contributed by atoms with E-state index in [2.05, 4.69) is 26.6 Å². The van der Waals surface area contributed by atoms with E-state index in [1.54, 1.807) is 14.2 Å². The fourth-order valence-electron chi connectivity index (χ4n) is 3.39. The Morgan fingerprint density at radius 1 is 1.07 bits per heavy atom. The zero-order chi connectivity index (χ0) is 19.1. The van der Waals surface area contributed by atoms with Crippen molar-refractivity contribution in [3.05, 3.63) is 23.8 Å². The summed E-state index contributed by atoms with van der Waals surface area (Å²) in [5, 5.41) is 6.86. The summed E-state index contributed by atoms with van der Waals surface area (Å²) < 4.78 is 10.7. The maximum atomic E-state index is 5.37. The fourth-order valence-corrected chi connectivity index (χ4v) is 3.39. The Kier molecular flexibility index (Phi) is 7.21. The number of hydrogen-bond donors (Lipinski definition) is 2. The first-order valence-electron chi connectivity index (χ1n) is 10.1. The number of guanidine groups is 1. The molecule has 1 aromatic carbocycles. The first-order valence-corrected chi connectivity index (χ1v) is 10.1. The summed E-state index contributed by atoms with van der Waals surface area (Å²) in [6.07, 6.45) is 6.51. The van der Waals surface area contributed by atoms with Gasteiger partial charge in [-0.25, -0.2) is 0 Å². The van der Waals surface area contributed by atoms with Gasteiger partial charge in [-0.05, 0) is 55.7 Å². The van der Waals surface area contributed by atoms with Crippen LogP contribution in [0, 0.1) is 5.92 Å². The van der Waals surface area contributed by atoms with Crippen molar-refractivity contribution in [2.45, 2.75) is 38.1 Å². The van der Waals surface area contributed by atoms with Crippen molar-refractivity contribution in [2.24, 2.45) is 10.9 Å². The van der Waals surface area contributed by atoms with Crippen molar-refractivity contribution in [1.29, 1.82) is 0 Å². The Balaban J connectivity index is 1.37. The fraction of sp³-hybridized carbons (Fsp3) is 0.667. The summed E-state index contributed by atoms with van der Waals surface area (Å²) in [7, 11) is 5.15. The van der Waals surface area contributed by atoms with E-state index in [4.69, 9.17) is 9.47 Å². The second-order valence-electron chi connectivity index (χ2n) is 7.53. The van der Waals surface area contributed by atoms with Gasteiger partial charge in [-0.3, -0.25) is 9.89 Å². The predicted molar refractivity (Wildman–Crippen MR) is 110 cm³/mol. The Bertz CT molecular complexity index is 627. The molecule has 2 fully saturated rings. The van der Waals surface area contributed by atoms with E-state index in [9.17, 15) is 0 Å². The van der Waals surface area contributed by atoms with Gasteiger partial charge in [0.25, 0.3) is 0 Å². The first-order chi connectivity index (χ1) is 13.2. The highest BCUT2D eigenvalue weighted by atomic mass is 16.5. The molecule has 0 aliphatic heterocycles. The van der Waals surface area contributed by atoms with Crippen LogP contribution < -0.4 is 20.1 Å². The molecule has 2 N–H and O–H groups in total. The first kappa shape index (κ1) is 19.8. The number of methoxy groups -OCH3 is 2. The number of ether oxygens (including phenoxy) is 2. The summed E-state index contributed by atoms with van der Waals surface area (Å²) in [6, 6.07) is 6.90. The summed E-state index contributed by atoms with van der Waals surface area (Å²) in [6.45, 7) is 4.16. The van der Waals surface area contributed by atoms with E-state index in [0.29, 0.717) is 0 Å². The smallest absolute Gasteiger partial charge is 0.191 e. The van der Waals surface area contributed by atoms with Crippen molar-refractivity contribution < 1.29 is 9.47 Å². The van der Waals surface area contributed by atoms with Crippen LogP contribution in [0.2, 0.25) is 0 Å². The summed E-state index contributed by atoms with van der Waals surface area (Å²) in [5.41, 5.74) is 1.21. The van der Waals surface area contributed by atoms with E-state index in [1.165, 1.54) is 37.8 Å². The average molecular weight is 375 g/mol. The van der Waals surface area contributed by atoms with Gasteiger partial charge in [-0.15, -0.1) is 0 Å². The normalized spacial score (nSPS) is 17.1. The van der Waals surface area contributed by atoms with Gasteiger partial charge < -0.3 is 20.1 Å². The molecule has 2 aliphatic rings. The molecule has 0 unspecified atom stereocenters. The highest BCUT2D eigenvalue weighted by Crippen LogP contribution is 2.34. The van der Waals surface area contributed by atoms with Gasteiger partial charge in [0.1, 0.15) is 0 Å². The zero-order valence-corrected chi connectivity index (χ0v) is 17.0. The van der Waals surface area contributed by atoms with E-state index in [-0.39, 0.29) is 0 Å². The van der Waals surface area contributed by atoms with Crippen molar-refractivity contribution >= 4 is 5.96 Å². The minimum absolute atomic E-state index is 0.762. The Hall–Kier alpha value is -1.95. The van der Waals surface area contributed by atoms with Gasteiger partial charge in [0.2, 0.25) is 0 Å². The topological polar surface area (TPSA) is 58.1 Å². The number of nitrogens with one attached hydrogen (secondary N) is 2.